The number of benzene rings is 1. The number of aryl methyl sites for hydroxylation is 1. The van der Waals surface area contributed by atoms with Gasteiger partial charge in [-0.15, -0.1) is 0 Å². The first-order valence-corrected chi connectivity index (χ1v) is 6.74. The highest BCUT2D eigenvalue weighted by Crippen LogP contribution is 2.30. The Morgan fingerprint density at radius 2 is 2.14 bits per heavy atom. The fraction of sp³-hybridized carbons (Fsp3) is 0.188. The molecule has 0 aliphatic carbocycles. The summed E-state index contributed by atoms with van der Waals surface area (Å²) in [7, 11) is 1.97. The van der Waals surface area contributed by atoms with E-state index in [4.69, 9.17) is 4.74 Å². The molecule has 106 valence electrons. The molecule has 0 aliphatic heterocycles. The van der Waals surface area contributed by atoms with E-state index < -0.39 is 5.97 Å². The van der Waals surface area contributed by atoms with Gasteiger partial charge in [0.15, 0.2) is 0 Å². The van der Waals surface area contributed by atoms with Crippen LogP contribution in [0.1, 0.15) is 17.3 Å². The predicted molar refractivity (Wildman–Crippen MR) is 79.9 cm³/mol. The Kier molecular flexibility index (Phi) is 3.39. The van der Waals surface area contributed by atoms with E-state index in [9.17, 15) is 4.79 Å². The van der Waals surface area contributed by atoms with Crippen molar-refractivity contribution in [2.45, 2.75) is 6.92 Å². The Bertz CT molecular complexity index is 808. The third kappa shape index (κ3) is 2.27. The molecule has 2 aromatic heterocycles. The van der Waals surface area contributed by atoms with Crippen molar-refractivity contribution in [3.8, 4) is 11.3 Å². The molecule has 2 heterocycles. The van der Waals surface area contributed by atoms with Crippen molar-refractivity contribution >= 4 is 16.9 Å². The van der Waals surface area contributed by atoms with Crippen LogP contribution in [0.2, 0.25) is 0 Å². The van der Waals surface area contributed by atoms with Gasteiger partial charge in [0.2, 0.25) is 0 Å². The van der Waals surface area contributed by atoms with E-state index >= 15 is 0 Å². The monoisotopic (exact) mass is 281 g/mol. The highest BCUT2D eigenvalue weighted by atomic mass is 16.5. The fourth-order valence-electron chi connectivity index (χ4n) is 2.43. The summed E-state index contributed by atoms with van der Waals surface area (Å²) in [6, 6.07) is 8.00. The minimum atomic E-state index is -0.402. The van der Waals surface area contributed by atoms with Gasteiger partial charge in [-0.3, -0.25) is 0 Å². The van der Waals surface area contributed by atoms with E-state index in [-0.39, 0.29) is 0 Å². The number of carbonyl (C=O) groups excluding carboxylic acids is 1. The van der Waals surface area contributed by atoms with Crippen molar-refractivity contribution in [1.29, 1.82) is 0 Å². The summed E-state index contributed by atoms with van der Waals surface area (Å²) in [5.74, 6) is -0.402. The lowest BCUT2D eigenvalue weighted by molar-refractivity contribution is 0.0526. The van der Waals surface area contributed by atoms with Crippen LogP contribution in [0.5, 0.6) is 0 Å². The lowest BCUT2D eigenvalue weighted by Crippen LogP contribution is -2.08. The third-order valence-electron chi connectivity index (χ3n) is 3.36. The standard InChI is InChI=1S/C16H15N3O2/c1-3-21-16(20)12-8-17-10-18-15(12)13-9-19(2)14-7-5-4-6-11(13)14/h4-10H,3H2,1-2H3. The van der Waals surface area contributed by atoms with E-state index in [0.717, 1.165) is 16.5 Å². The van der Waals surface area contributed by atoms with Crippen molar-refractivity contribution in [2.24, 2.45) is 7.05 Å². The maximum absolute atomic E-state index is 12.1. The Morgan fingerprint density at radius 1 is 1.33 bits per heavy atom. The number of esters is 1. The second-order valence-corrected chi connectivity index (χ2v) is 4.68. The van der Waals surface area contributed by atoms with Gasteiger partial charge in [0.05, 0.1) is 12.3 Å². The highest BCUT2D eigenvalue weighted by Gasteiger charge is 2.18. The molecule has 3 rings (SSSR count). The van der Waals surface area contributed by atoms with Crippen LogP contribution in [0.25, 0.3) is 22.2 Å². The van der Waals surface area contributed by atoms with Crippen molar-refractivity contribution in [1.82, 2.24) is 14.5 Å². The molecule has 0 saturated heterocycles. The molecule has 0 bridgehead atoms. The van der Waals surface area contributed by atoms with Crippen LogP contribution < -0.4 is 0 Å². The summed E-state index contributed by atoms with van der Waals surface area (Å²) < 4.78 is 7.10. The Balaban J connectivity index is 2.22. The normalized spacial score (nSPS) is 10.8. The zero-order valence-electron chi connectivity index (χ0n) is 11.9. The average molecular weight is 281 g/mol. The van der Waals surface area contributed by atoms with Crippen LogP contribution >= 0.6 is 0 Å². The summed E-state index contributed by atoms with van der Waals surface area (Å²) in [5, 5.41) is 1.05. The topological polar surface area (TPSA) is 57.0 Å². The van der Waals surface area contributed by atoms with Crippen molar-refractivity contribution < 1.29 is 9.53 Å². The second kappa shape index (κ2) is 5.36. The smallest absolute Gasteiger partial charge is 0.341 e. The van der Waals surface area contributed by atoms with Gasteiger partial charge in [-0.1, -0.05) is 18.2 Å². The molecule has 0 amide bonds. The van der Waals surface area contributed by atoms with Gasteiger partial charge in [0.1, 0.15) is 11.9 Å². The van der Waals surface area contributed by atoms with E-state index in [1.54, 1.807) is 6.92 Å². The molecule has 3 aromatic rings. The van der Waals surface area contributed by atoms with Gasteiger partial charge in [0.25, 0.3) is 0 Å². The van der Waals surface area contributed by atoms with Crippen molar-refractivity contribution in [2.75, 3.05) is 6.61 Å². The lowest BCUT2D eigenvalue weighted by Gasteiger charge is -2.06. The molecule has 5 heteroatoms. The van der Waals surface area contributed by atoms with Gasteiger partial charge in [-0.25, -0.2) is 14.8 Å². The molecule has 0 radical (unpaired) electrons. The molecule has 5 nitrogen and oxygen atoms in total. The first-order chi connectivity index (χ1) is 10.2. The molecule has 21 heavy (non-hydrogen) atoms. The van der Waals surface area contributed by atoms with E-state index in [0.29, 0.717) is 17.9 Å². The maximum atomic E-state index is 12.1. The SMILES string of the molecule is CCOC(=O)c1cncnc1-c1cn(C)c2ccccc12. The maximum Gasteiger partial charge on any atom is 0.341 e. The minimum Gasteiger partial charge on any atom is -0.462 e. The fourth-order valence-corrected chi connectivity index (χ4v) is 2.43. The van der Waals surface area contributed by atoms with Crippen LogP contribution in [-0.4, -0.2) is 27.1 Å². The number of rotatable bonds is 3. The second-order valence-electron chi connectivity index (χ2n) is 4.68. The molecular formula is C16H15N3O2. The van der Waals surface area contributed by atoms with Gasteiger partial charge in [-0.05, 0) is 13.0 Å². The average Bonchev–Trinajstić information content (AvgIpc) is 2.85. The minimum absolute atomic E-state index is 0.322. The molecule has 0 saturated carbocycles. The quantitative estimate of drug-likeness (QED) is 0.693. The van der Waals surface area contributed by atoms with Crippen LogP contribution in [0.15, 0.2) is 43.0 Å². The van der Waals surface area contributed by atoms with E-state index in [2.05, 4.69) is 9.97 Å². The van der Waals surface area contributed by atoms with Gasteiger partial charge in [-0.2, -0.15) is 0 Å². The molecule has 0 atom stereocenters. The van der Waals surface area contributed by atoms with E-state index in [1.165, 1.54) is 12.5 Å². The van der Waals surface area contributed by atoms with Crippen molar-refractivity contribution in [3.63, 3.8) is 0 Å². The molecule has 0 N–H and O–H groups in total. The summed E-state index contributed by atoms with van der Waals surface area (Å²) in [6.07, 6.45) is 4.91. The first kappa shape index (κ1) is 13.3. The zero-order chi connectivity index (χ0) is 14.8. The Morgan fingerprint density at radius 3 is 2.95 bits per heavy atom. The number of nitrogens with zero attached hydrogens (tertiary/aromatic N) is 3. The number of hydrogen-bond acceptors (Lipinski definition) is 4. The van der Waals surface area contributed by atoms with Crippen LogP contribution in [0.4, 0.5) is 0 Å². The Labute approximate surface area is 122 Å². The number of hydrogen-bond donors (Lipinski definition) is 0. The predicted octanol–water partition coefficient (Wildman–Crippen LogP) is 2.81. The van der Waals surface area contributed by atoms with Gasteiger partial charge < -0.3 is 9.30 Å². The van der Waals surface area contributed by atoms with Gasteiger partial charge >= 0.3 is 5.97 Å². The first-order valence-electron chi connectivity index (χ1n) is 6.74. The van der Waals surface area contributed by atoms with Gasteiger partial charge in [0, 0.05) is 35.9 Å². The third-order valence-corrected chi connectivity index (χ3v) is 3.36. The molecular weight excluding hydrogens is 266 g/mol. The zero-order valence-corrected chi connectivity index (χ0v) is 11.9. The van der Waals surface area contributed by atoms with Crippen LogP contribution in [-0.2, 0) is 11.8 Å². The summed E-state index contributed by atoms with van der Waals surface area (Å²) in [4.78, 5) is 20.3. The summed E-state index contributed by atoms with van der Waals surface area (Å²) >= 11 is 0. The Hall–Kier alpha value is -2.69. The van der Waals surface area contributed by atoms with Crippen molar-refractivity contribution in [3.05, 3.63) is 48.5 Å². The number of ether oxygens (including phenoxy) is 1. The number of para-hydroxylation sites is 1. The molecule has 0 fully saturated rings. The number of aromatic nitrogens is 3. The number of fused-ring (bicyclic) bond motifs is 1. The van der Waals surface area contributed by atoms with Crippen LogP contribution in [0.3, 0.4) is 0 Å². The molecule has 1 aromatic carbocycles. The largest absolute Gasteiger partial charge is 0.462 e. The summed E-state index contributed by atoms with van der Waals surface area (Å²) in [5.41, 5.74) is 2.97. The molecule has 0 spiro atoms. The molecule has 0 aliphatic rings. The highest BCUT2D eigenvalue weighted by molar-refractivity contribution is 6.02. The summed E-state index contributed by atoms with van der Waals surface area (Å²) in [6.45, 7) is 2.10. The number of carbonyl (C=O) groups is 1. The van der Waals surface area contributed by atoms with Crippen LogP contribution in [0, 0.1) is 0 Å². The lowest BCUT2D eigenvalue weighted by atomic mass is 10.1. The molecule has 0 unspecified atom stereocenters. The van der Waals surface area contributed by atoms with E-state index in [1.807, 2.05) is 42.1 Å².